The molecule has 0 bridgehead atoms. The van der Waals surface area contributed by atoms with Gasteiger partial charge in [0, 0.05) is 6.54 Å². The summed E-state index contributed by atoms with van der Waals surface area (Å²) >= 11 is 1.15. The summed E-state index contributed by atoms with van der Waals surface area (Å²) < 4.78 is 0. The molecule has 0 unspecified atom stereocenters. The number of thioether (sulfide) groups is 1. The van der Waals surface area contributed by atoms with E-state index in [1.54, 1.807) is 0 Å². The minimum Gasteiger partial charge on any atom is -0.347 e. The highest BCUT2D eigenvalue weighted by atomic mass is 32.2. The number of hydrogen-bond donors (Lipinski definition) is 1. The van der Waals surface area contributed by atoms with E-state index in [9.17, 15) is 4.79 Å². The number of amides is 1. The van der Waals surface area contributed by atoms with Crippen molar-refractivity contribution >= 4 is 17.0 Å². The van der Waals surface area contributed by atoms with E-state index < -0.39 is 0 Å². The van der Waals surface area contributed by atoms with Crippen LogP contribution in [0.4, 0.5) is 4.79 Å². The van der Waals surface area contributed by atoms with Crippen molar-refractivity contribution in [3.05, 3.63) is 11.5 Å². The first-order chi connectivity index (χ1) is 4.66. The quantitative estimate of drug-likeness (QED) is 0.685. The van der Waals surface area contributed by atoms with E-state index in [1.165, 1.54) is 0 Å². The molecule has 0 fully saturated rings. The molecule has 2 nitrogen and oxygen atoms in total. The molecule has 0 spiro atoms. The maximum Gasteiger partial charge on any atom is 0.283 e. The number of hydrogen-bond acceptors (Lipinski definition) is 2. The Kier molecular flexibility index (Phi) is 5.12. The van der Waals surface area contributed by atoms with Crippen LogP contribution in [0.2, 0.25) is 0 Å². The fourth-order valence-corrected chi connectivity index (χ4v) is 0.912. The molecular formula is C7H13NOS. The highest BCUT2D eigenvalue weighted by Crippen LogP contribution is 2.11. The van der Waals surface area contributed by atoms with Crippen LogP contribution >= 0.6 is 11.8 Å². The standard InChI is InChI=1S/C7H13NOS/c1-4-5-8-7(9)10-6(2)3/h2,4-5H2,1,3H3,(H,8,9). The van der Waals surface area contributed by atoms with Gasteiger partial charge in [0.05, 0.1) is 0 Å². The molecule has 0 atom stereocenters. The van der Waals surface area contributed by atoms with E-state index in [4.69, 9.17) is 0 Å². The Hall–Kier alpha value is -0.440. The van der Waals surface area contributed by atoms with E-state index in [-0.39, 0.29) is 5.24 Å². The molecule has 0 saturated carbocycles. The van der Waals surface area contributed by atoms with Gasteiger partial charge >= 0.3 is 0 Å². The van der Waals surface area contributed by atoms with Gasteiger partial charge in [0.2, 0.25) is 0 Å². The summed E-state index contributed by atoms with van der Waals surface area (Å²) in [4.78, 5) is 11.6. The molecule has 58 valence electrons. The third-order valence-corrected chi connectivity index (χ3v) is 1.46. The summed E-state index contributed by atoms with van der Waals surface area (Å²) in [5.74, 6) is 0. The van der Waals surface area contributed by atoms with Gasteiger partial charge in [-0.1, -0.05) is 13.5 Å². The van der Waals surface area contributed by atoms with Crippen molar-refractivity contribution in [3.63, 3.8) is 0 Å². The van der Waals surface area contributed by atoms with Gasteiger partial charge in [-0.15, -0.1) is 0 Å². The van der Waals surface area contributed by atoms with E-state index in [2.05, 4.69) is 11.9 Å². The predicted octanol–water partition coefficient (Wildman–Crippen LogP) is 2.37. The zero-order chi connectivity index (χ0) is 7.98. The SMILES string of the molecule is C=C(C)SC(=O)NCCC. The first kappa shape index (κ1) is 9.56. The van der Waals surface area contributed by atoms with Crippen LogP contribution in [0.5, 0.6) is 0 Å². The largest absolute Gasteiger partial charge is 0.347 e. The lowest BCUT2D eigenvalue weighted by Gasteiger charge is -2.00. The molecule has 0 aromatic rings. The number of carbonyl (C=O) groups excluding carboxylic acids is 1. The van der Waals surface area contributed by atoms with Crippen molar-refractivity contribution in [1.29, 1.82) is 0 Å². The van der Waals surface area contributed by atoms with Crippen molar-refractivity contribution in [2.45, 2.75) is 20.3 Å². The lowest BCUT2D eigenvalue weighted by atomic mass is 10.5. The summed E-state index contributed by atoms with van der Waals surface area (Å²) in [5.41, 5.74) is 0. The average molecular weight is 159 g/mol. The fraction of sp³-hybridized carbons (Fsp3) is 0.571. The van der Waals surface area contributed by atoms with Crippen LogP contribution in [-0.4, -0.2) is 11.8 Å². The minimum absolute atomic E-state index is 0.00523. The average Bonchev–Trinajstić information content (AvgIpc) is 1.82. The number of nitrogens with one attached hydrogen (secondary N) is 1. The third kappa shape index (κ3) is 5.69. The highest BCUT2D eigenvalue weighted by molar-refractivity contribution is 8.16. The molecule has 0 radical (unpaired) electrons. The molecular weight excluding hydrogens is 146 g/mol. The van der Waals surface area contributed by atoms with Crippen molar-refractivity contribution < 1.29 is 4.79 Å². The van der Waals surface area contributed by atoms with E-state index >= 15 is 0 Å². The lowest BCUT2D eigenvalue weighted by Crippen LogP contribution is -2.18. The number of carbonyl (C=O) groups is 1. The van der Waals surface area contributed by atoms with Gasteiger partial charge in [0.1, 0.15) is 0 Å². The second-order valence-corrected chi connectivity index (χ2v) is 3.29. The highest BCUT2D eigenvalue weighted by Gasteiger charge is 1.98. The summed E-state index contributed by atoms with van der Waals surface area (Å²) in [5, 5.41) is 2.72. The maximum absolute atomic E-state index is 10.8. The van der Waals surface area contributed by atoms with Gasteiger partial charge in [0.15, 0.2) is 0 Å². The van der Waals surface area contributed by atoms with Crippen LogP contribution in [0, 0.1) is 0 Å². The zero-order valence-electron chi connectivity index (χ0n) is 6.44. The Morgan fingerprint density at radius 2 is 2.30 bits per heavy atom. The van der Waals surface area contributed by atoms with Gasteiger partial charge in [-0.05, 0) is 30.0 Å². The normalized spacial score (nSPS) is 9.00. The molecule has 1 N–H and O–H groups in total. The van der Waals surface area contributed by atoms with Gasteiger partial charge in [0.25, 0.3) is 5.24 Å². The maximum atomic E-state index is 10.8. The molecule has 0 saturated heterocycles. The summed E-state index contributed by atoms with van der Waals surface area (Å²) in [6.45, 7) is 8.19. The van der Waals surface area contributed by atoms with Crippen molar-refractivity contribution in [2.75, 3.05) is 6.54 Å². The Morgan fingerprint density at radius 3 is 2.70 bits per heavy atom. The van der Waals surface area contributed by atoms with Crippen LogP contribution in [0.25, 0.3) is 0 Å². The van der Waals surface area contributed by atoms with Crippen LogP contribution < -0.4 is 5.32 Å². The Bertz CT molecular complexity index is 134. The van der Waals surface area contributed by atoms with E-state index in [0.717, 1.165) is 29.6 Å². The van der Waals surface area contributed by atoms with Crippen LogP contribution in [0.1, 0.15) is 20.3 Å². The molecule has 0 aliphatic heterocycles. The first-order valence-corrected chi connectivity index (χ1v) is 4.09. The molecule has 0 heterocycles. The molecule has 0 aliphatic carbocycles. The predicted molar refractivity (Wildman–Crippen MR) is 46.1 cm³/mol. The Labute approximate surface area is 66.1 Å². The van der Waals surface area contributed by atoms with E-state index in [1.807, 2.05) is 13.8 Å². The molecule has 0 rings (SSSR count). The smallest absolute Gasteiger partial charge is 0.283 e. The lowest BCUT2D eigenvalue weighted by molar-refractivity contribution is 0.261. The van der Waals surface area contributed by atoms with Gasteiger partial charge in [-0.2, -0.15) is 0 Å². The molecule has 0 aliphatic rings. The van der Waals surface area contributed by atoms with Crippen LogP contribution in [-0.2, 0) is 0 Å². The third-order valence-electron chi connectivity index (χ3n) is 0.786. The number of rotatable bonds is 3. The fourth-order valence-electron chi connectivity index (χ4n) is 0.421. The van der Waals surface area contributed by atoms with Crippen molar-refractivity contribution in [1.82, 2.24) is 5.32 Å². The van der Waals surface area contributed by atoms with Crippen LogP contribution in [0.15, 0.2) is 11.5 Å². The number of allylic oxidation sites excluding steroid dienone is 1. The summed E-state index contributed by atoms with van der Waals surface area (Å²) in [6.07, 6.45) is 0.975. The first-order valence-electron chi connectivity index (χ1n) is 3.28. The molecule has 10 heavy (non-hydrogen) atoms. The second kappa shape index (κ2) is 5.35. The molecule has 1 amide bonds. The monoisotopic (exact) mass is 159 g/mol. The second-order valence-electron chi connectivity index (χ2n) is 2.02. The zero-order valence-corrected chi connectivity index (χ0v) is 7.25. The molecule has 0 aromatic heterocycles. The van der Waals surface area contributed by atoms with E-state index in [0.29, 0.717) is 0 Å². The van der Waals surface area contributed by atoms with Crippen molar-refractivity contribution in [3.8, 4) is 0 Å². The summed E-state index contributed by atoms with van der Waals surface area (Å²) in [6, 6.07) is 0. The van der Waals surface area contributed by atoms with Gasteiger partial charge < -0.3 is 5.32 Å². The Balaban J connectivity index is 3.35. The van der Waals surface area contributed by atoms with Crippen LogP contribution in [0.3, 0.4) is 0 Å². The topological polar surface area (TPSA) is 29.1 Å². The summed E-state index contributed by atoms with van der Waals surface area (Å²) in [7, 11) is 0. The van der Waals surface area contributed by atoms with Gasteiger partial charge in [-0.25, -0.2) is 0 Å². The molecule has 0 aromatic carbocycles. The van der Waals surface area contributed by atoms with Crippen molar-refractivity contribution in [2.24, 2.45) is 0 Å². The van der Waals surface area contributed by atoms with Gasteiger partial charge in [-0.3, -0.25) is 4.79 Å². The molecule has 3 heteroatoms. The minimum atomic E-state index is -0.00523. The Morgan fingerprint density at radius 1 is 1.70 bits per heavy atom.